The molecule has 0 saturated carbocycles. The molecule has 0 fully saturated rings. The molecule has 0 amide bonds. The predicted molar refractivity (Wildman–Crippen MR) is 112 cm³/mol. The van der Waals surface area contributed by atoms with E-state index in [9.17, 15) is 0 Å². The van der Waals surface area contributed by atoms with Crippen LogP contribution in [0.4, 0.5) is 17.1 Å². The molecule has 0 spiro atoms. The van der Waals surface area contributed by atoms with Gasteiger partial charge in [0.1, 0.15) is 5.52 Å². The Morgan fingerprint density at radius 2 is 0.966 bits per heavy atom. The van der Waals surface area contributed by atoms with Crippen molar-refractivity contribution in [2.75, 3.05) is 4.90 Å². The monoisotopic (exact) mass is 379 g/mol. The SMILES string of the molecule is c1cc2nnnnc2nn1.c1ccc(N(c2ccccc2)c2ccccc2)cc1. The fraction of sp³-hybridized carbons (Fsp3) is 0. The number of fused-ring (bicyclic) bond motifs is 1. The molecule has 3 aromatic carbocycles. The largest absolute Gasteiger partial charge is 0.311 e. The Morgan fingerprint density at radius 1 is 0.483 bits per heavy atom. The number of hydrogen-bond acceptors (Lipinski definition) is 7. The number of hydrogen-bond donors (Lipinski definition) is 0. The number of benzene rings is 3. The van der Waals surface area contributed by atoms with E-state index < -0.39 is 0 Å². The highest BCUT2D eigenvalue weighted by atomic mass is 15.4. The van der Waals surface area contributed by atoms with Gasteiger partial charge in [0.25, 0.3) is 0 Å². The van der Waals surface area contributed by atoms with Crippen molar-refractivity contribution in [2.45, 2.75) is 0 Å². The van der Waals surface area contributed by atoms with Gasteiger partial charge in [0.15, 0.2) is 0 Å². The first-order valence-electron chi connectivity index (χ1n) is 9.00. The first-order chi connectivity index (χ1) is 14.4. The predicted octanol–water partition coefficient (Wildman–Crippen LogP) is 4.37. The number of rotatable bonds is 3. The van der Waals surface area contributed by atoms with Crippen molar-refractivity contribution in [3.63, 3.8) is 0 Å². The smallest absolute Gasteiger partial charge is 0.225 e. The maximum atomic E-state index is 3.66. The van der Waals surface area contributed by atoms with Crippen LogP contribution in [0.15, 0.2) is 103 Å². The van der Waals surface area contributed by atoms with Crippen LogP contribution in [0.2, 0.25) is 0 Å². The minimum Gasteiger partial charge on any atom is -0.311 e. The molecule has 5 aromatic rings. The summed E-state index contributed by atoms with van der Waals surface area (Å²) in [4.78, 5) is 2.25. The van der Waals surface area contributed by atoms with Gasteiger partial charge in [0, 0.05) is 17.1 Å². The first-order valence-corrected chi connectivity index (χ1v) is 9.00. The minimum absolute atomic E-state index is 0.414. The van der Waals surface area contributed by atoms with E-state index in [0.717, 1.165) is 0 Å². The van der Waals surface area contributed by atoms with Gasteiger partial charge in [0.05, 0.1) is 6.20 Å². The second kappa shape index (κ2) is 9.09. The number of para-hydroxylation sites is 3. The van der Waals surface area contributed by atoms with E-state index in [1.54, 1.807) is 6.07 Å². The van der Waals surface area contributed by atoms with Crippen LogP contribution in [0, 0.1) is 0 Å². The zero-order valence-corrected chi connectivity index (χ0v) is 15.4. The van der Waals surface area contributed by atoms with Crippen molar-refractivity contribution in [1.29, 1.82) is 0 Å². The molecule has 2 heterocycles. The van der Waals surface area contributed by atoms with Gasteiger partial charge in [-0.1, -0.05) is 54.6 Å². The summed E-state index contributed by atoms with van der Waals surface area (Å²) in [6, 6.07) is 32.9. The number of anilines is 3. The van der Waals surface area contributed by atoms with E-state index in [1.165, 1.54) is 23.3 Å². The molecule has 7 nitrogen and oxygen atoms in total. The Hall–Kier alpha value is -4.26. The normalized spacial score (nSPS) is 10.1. The molecule has 5 rings (SSSR count). The summed E-state index contributed by atoms with van der Waals surface area (Å²) in [5.74, 6) is 0. The van der Waals surface area contributed by atoms with E-state index in [2.05, 4.69) is 109 Å². The molecule has 0 unspecified atom stereocenters. The van der Waals surface area contributed by atoms with Crippen molar-refractivity contribution in [2.24, 2.45) is 0 Å². The molecule has 0 radical (unpaired) electrons. The van der Waals surface area contributed by atoms with E-state index in [0.29, 0.717) is 11.2 Å². The maximum Gasteiger partial charge on any atom is 0.225 e. The average Bonchev–Trinajstić information content (AvgIpc) is 2.82. The molecule has 0 saturated heterocycles. The number of nitrogens with zero attached hydrogens (tertiary/aromatic N) is 7. The molecule has 0 N–H and O–H groups in total. The first kappa shape index (κ1) is 18.1. The zero-order valence-electron chi connectivity index (χ0n) is 15.4. The van der Waals surface area contributed by atoms with Crippen LogP contribution in [0.5, 0.6) is 0 Å². The van der Waals surface area contributed by atoms with Crippen LogP contribution in [0.1, 0.15) is 0 Å². The molecule has 140 valence electrons. The summed E-state index contributed by atoms with van der Waals surface area (Å²) in [5.41, 5.74) is 4.52. The molecule has 0 aliphatic carbocycles. The topological polar surface area (TPSA) is 80.6 Å². The van der Waals surface area contributed by atoms with Crippen LogP contribution in [0.3, 0.4) is 0 Å². The van der Waals surface area contributed by atoms with E-state index in [1.807, 2.05) is 18.2 Å². The highest BCUT2D eigenvalue weighted by molar-refractivity contribution is 5.76. The third kappa shape index (κ3) is 4.54. The highest BCUT2D eigenvalue weighted by Gasteiger charge is 2.10. The molecule has 7 heteroatoms. The van der Waals surface area contributed by atoms with Crippen molar-refractivity contribution in [3.05, 3.63) is 103 Å². The van der Waals surface area contributed by atoms with Crippen LogP contribution in [-0.2, 0) is 0 Å². The fourth-order valence-electron chi connectivity index (χ4n) is 2.78. The molecule has 29 heavy (non-hydrogen) atoms. The van der Waals surface area contributed by atoms with Crippen LogP contribution in [-0.4, -0.2) is 30.8 Å². The van der Waals surface area contributed by atoms with Crippen molar-refractivity contribution < 1.29 is 0 Å². The summed E-state index contributed by atoms with van der Waals surface area (Å²) in [6.07, 6.45) is 1.53. The summed E-state index contributed by atoms with van der Waals surface area (Å²) in [5, 5.41) is 21.1. The molecule has 0 aliphatic rings. The minimum atomic E-state index is 0.414. The van der Waals surface area contributed by atoms with Crippen LogP contribution < -0.4 is 4.90 Å². The number of aromatic nitrogens is 6. The lowest BCUT2D eigenvalue weighted by atomic mass is 10.2. The van der Waals surface area contributed by atoms with Gasteiger partial charge in [-0.15, -0.1) is 15.3 Å². The second-order valence-electron chi connectivity index (χ2n) is 5.96. The Balaban J connectivity index is 0.000000171. The molecule has 0 atom stereocenters. The maximum absolute atomic E-state index is 3.66. The van der Waals surface area contributed by atoms with Crippen LogP contribution in [0.25, 0.3) is 11.2 Å². The zero-order chi connectivity index (χ0) is 19.7. The summed E-state index contributed by atoms with van der Waals surface area (Å²) >= 11 is 0. The van der Waals surface area contributed by atoms with E-state index in [4.69, 9.17) is 0 Å². The molecular formula is C22H17N7. The van der Waals surface area contributed by atoms with E-state index in [-0.39, 0.29) is 0 Å². The second-order valence-corrected chi connectivity index (χ2v) is 5.96. The van der Waals surface area contributed by atoms with Gasteiger partial charge >= 0.3 is 0 Å². The van der Waals surface area contributed by atoms with Gasteiger partial charge in [-0.3, -0.25) is 0 Å². The Labute approximate surface area is 167 Å². The Morgan fingerprint density at radius 3 is 1.45 bits per heavy atom. The van der Waals surface area contributed by atoms with Crippen molar-refractivity contribution in [1.82, 2.24) is 30.8 Å². The third-order valence-corrected chi connectivity index (χ3v) is 4.06. The molecule has 0 bridgehead atoms. The van der Waals surface area contributed by atoms with Crippen molar-refractivity contribution in [3.8, 4) is 0 Å². The average molecular weight is 379 g/mol. The van der Waals surface area contributed by atoms with Gasteiger partial charge in [0.2, 0.25) is 5.65 Å². The molecule has 0 aliphatic heterocycles. The quantitative estimate of drug-likeness (QED) is 0.460. The van der Waals surface area contributed by atoms with Gasteiger partial charge in [-0.2, -0.15) is 5.10 Å². The summed E-state index contributed by atoms with van der Waals surface area (Å²) in [6.45, 7) is 0. The standard InChI is InChI=1S/C18H15N.C4H2N6/c1-4-10-16(11-5-1)19(17-12-6-2-7-13-17)18-14-8-3-9-15-18;1-2-5-7-4-3(1)6-9-10-8-4/h1-15H;1-2H. The van der Waals surface area contributed by atoms with Crippen molar-refractivity contribution >= 4 is 28.2 Å². The summed E-state index contributed by atoms with van der Waals surface area (Å²) in [7, 11) is 0. The lowest BCUT2D eigenvalue weighted by molar-refractivity contribution is 0.783. The Kier molecular flexibility index (Phi) is 5.68. The van der Waals surface area contributed by atoms with Gasteiger partial charge in [-0.05, 0) is 52.9 Å². The fourth-order valence-corrected chi connectivity index (χ4v) is 2.78. The third-order valence-electron chi connectivity index (χ3n) is 4.06. The highest BCUT2D eigenvalue weighted by Crippen LogP contribution is 2.33. The lowest BCUT2D eigenvalue weighted by Gasteiger charge is -2.25. The lowest BCUT2D eigenvalue weighted by Crippen LogP contribution is -2.09. The molecule has 2 aromatic heterocycles. The summed E-state index contributed by atoms with van der Waals surface area (Å²) < 4.78 is 0. The van der Waals surface area contributed by atoms with Gasteiger partial charge in [-0.25, -0.2) is 0 Å². The van der Waals surface area contributed by atoms with Gasteiger partial charge < -0.3 is 4.90 Å². The van der Waals surface area contributed by atoms with Crippen LogP contribution >= 0.6 is 0 Å². The Bertz CT molecular complexity index is 993. The van der Waals surface area contributed by atoms with E-state index >= 15 is 0 Å². The molecular weight excluding hydrogens is 362 g/mol.